The molecule has 27 valence electrons. The Morgan fingerprint density at radius 2 is 1.00 bits per heavy atom. The van der Waals surface area contributed by atoms with Crippen molar-refractivity contribution in [3.8, 4) is 0 Å². The van der Waals surface area contributed by atoms with Gasteiger partial charge in [0.1, 0.15) is 0 Å². The van der Waals surface area contributed by atoms with Crippen LogP contribution in [0.25, 0.3) is 0 Å². The second-order valence-corrected chi connectivity index (χ2v) is 0.289. The van der Waals surface area contributed by atoms with Crippen molar-refractivity contribution in [1.82, 2.24) is 0 Å². The van der Waals surface area contributed by atoms with E-state index in [0.29, 0.717) is 0 Å². The quantitative estimate of drug-likeness (QED) is 0.391. The normalized spacial score (nSPS) is 4.50. The predicted molar refractivity (Wildman–Crippen MR) is 11.5 cm³/mol. The Bertz CT molecular complexity index is 15.5. The van der Waals surface area contributed by atoms with E-state index in [1.807, 2.05) is 0 Å². The van der Waals surface area contributed by atoms with Gasteiger partial charge in [-0.25, -0.2) is 0 Å². The Hall–Kier alpha value is 1.67. The maximum absolute atomic E-state index is 8.42. The summed E-state index contributed by atoms with van der Waals surface area (Å²) < 4.78 is 0. The van der Waals surface area contributed by atoms with Crippen molar-refractivity contribution in [2.45, 2.75) is 0 Å². The predicted octanol–water partition coefficient (Wildman–Crippen LogP) is -4.33. The molecule has 0 N–H and O–H groups in total. The molecule has 0 aromatic rings. The maximum atomic E-state index is 8.42. The van der Waals surface area contributed by atoms with E-state index in [4.69, 9.17) is 15.1 Å². The van der Waals surface area contributed by atoms with Crippen LogP contribution in [0.3, 0.4) is 0 Å². The first-order chi connectivity index (χ1) is 1.73. The molecule has 0 aliphatic carbocycles. The summed E-state index contributed by atoms with van der Waals surface area (Å²) in [5.41, 5.74) is 0. The van der Waals surface area contributed by atoms with Crippen molar-refractivity contribution in [3.63, 3.8) is 0 Å². The molecule has 0 atom stereocenters. The van der Waals surface area contributed by atoms with Gasteiger partial charge in [0.25, 0.3) is 0 Å². The molecule has 0 aliphatic rings. The van der Waals surface area contributed by atoms with Crippen molar-refractivity contribution in [1.29, 1.82) is 0 Å². The van der Waals surface area contributed by atoms with Crippen LogP contribution in [0.5, 0.6) is 0 Å². The van der Waals surface area contributed by atoms with E-state index in [0.717, 1.165) is 0 Å². The largest absolute Gasteiger partial charge is 3.00 e. The number of hydrogen-bond acceptors (Lipinski definition) is 3. The third-order valence-electron chi connectivity index (χ3n) is 0. The fourth-order valence-electron chi connectivity index (χ4n) is 0. The Labute approximate surface area is 74.7 Å². The summed E-state index contributed by atoms with van der Waals surface area (Å²) in [6, 6.07) is 0. The van der Waals surface area contributed by atoms with Crippen LogP contribution in [-0.4, -0.2) is 24.7 Å². The Balaban J connectivity index is -0.0000000450. The summed E-state index contributed by atoms with van der Waals surface area (Å²) in [6.45, 7) is 0. The second kappa shape index (κ2) is 9.83. The van der Waals surface area contributed by atoms with Crippen molar-refractivity contribution in [2.24, 2.45) is 0 Å². The first-order valence-corrected chi connectivity index (χ1v) is 0.707. The minimum absolute atomic E-state index is 0. The fraction of sp³-hybridized carbons (Fsp3) is 0. The summed E-state index contributed by atoms with van der Waals surface area (Å²) in [7, 11) is -2.92. The van der Waals surface area contributed by atoms with E-state index in [1.165, 1.54) is 0 Å². The third kappa shape index (κ3) is 44.3. The molecule has 0 rings (SSSR count). The summed E-state index contributed by atoms with van der Waals surface area (Å²) in [5.74, 6) is 0. The van der Waals surface area contributed by atoms with Crippen LogP contribution >= 0.6 is 0 Å². The van der Waals surface area contributed by atoms with Gasteiger partial charge in [-0.2, -0.15) is 0 Å². The van der Waals surface area contributed by atoms with Gasteiger partial charge in [-0.1, -0.05) is 0 Å². The van der Waals surface area contributed by atoms with Crippen LogP contribution in [0, 0.1) is 35.6 Å². The number of rotatable bonds is 0. The van der Waals surface area contributed by atoms with E-state index in [-0.39, 0.29) is 53.0 Å². The van der Waals surface area contributed by atoms with E-state index >= 15 is 0 Å². The molecule has 0 unspecified atom stereocenters. The van der Waals surface area contributed by atoms with Crippen molar-refractivity contribution >= 4 is 24.7 Å². The van der Waals surface area contributed by atoms with E-state index in [9.17, 15) is 0 Å². The van der Waals surface area contributed by atoms with Gasteiger partial charge >= 0.3 is 17.4 Å². The molecular formula is AlBLaO3. The zero-order chi connectivity index (χ0) is 3.58. The van der Waals surface area contributed by atoms with E-state index in [1.54, 1.807) is 0 Å². The third-order valence-corrected chi connectivity index (χ3v) is 0. The molecule has 0 bridgehead atoms. The molecule has 3 nitrogen and oxygen atoms in total. The minimum Gasteiger partial charge on any atom is -0.907 e. The molecule has 0 aromatic carbocycles. The van der Waals surface area contributed by atoms with Gasteiger partial charge in [-0.05, 0) is 0 Å². The van der Waals surface area contributed by atoms with Crippen molar-refractivity contribution in [3.05, 3.63) is 0 Å². The molecule has 6 heavy (non-hydrogen) atoms. The van der Waals surface area contributed by atoms with Crippen LogP contribution in [0.4, 0.5) is 0 Å². The summed E-state index contributed by atoms with van der Waals surface area (Å²) >= 11 is 0. The summed E-state index contributed by atoms with van der Waals surface area (Å²) in [4.78, 5) is 0. The van der Waals surface area contributed by atoms with Gasteiger partial charge in [0.05, 0.1) is 0 Å². The Morgan fingerprint density at radius 3 is 1.00 bits per heavy atom. The molecule has 0 aliphatic heterocycles. The Morgan fingerprint density at radius 1 is 1.00 bits per heavy atom. The van der Waals surface area contributed by atoms with Gasteiger partial charge in [0, 0.05) is 35.6 Å². The summed E-state index contributed by atoms with van der Waals surface area (Å²) in [6.07, 6.45) is 0. The van der Waals surface area contributed by atoms with Crippen LogP contribution in [0.2, 0.25) is 0 Å². The standard InChI is InChI=1S/Al.BO3.La/c;2-1(3)4;/q+3;-3;. The van der Waals surface area contributed by atoms with Gasteiger partial charge in [0.2, 0.25) is 0 Å². The van der Waals surface area contributed by atoms with Crippen molar-refractivity contribution < 1.29 is 50.7 Å². The van der Waals surface area contributed by atoms with E-state index in [2.05, 4.69) is 0 Å². The number of hydrogen-bond donors (Lipinski definition) is 0. The van der Waals surface area contributed by atoms with Gasteiger partial charge in [-0.3, -0.25) is 7.32 Å². The average Bonchev–Trinajstić information content (AvgIpc) is 0.811. The first kappa shape index (κ1) is 15.6. The molecule has 1 radical (unpaired) electrons. The maximum Gasteiger partial charge on any atom is 3.00 e. The minimum atomic E-state index is -2.92. The summed E-state index contributed by atoms with van der Waals surface area (Å²) in [5, 5.41) is 25.2. The first-order valence-electron chi connectivity index (χ1n) is 0.707. The molecule has 0 fully saturated rings. The van der Waals surface area contributed by atoms with E-state index < -0.39 is 7.32 Å². The van der Waals surface area contributed by atoms with Gasteiger partial charge in [0.15, 0.2) is 0 Å². The SMILES string of the molecule is [Al+3].[La].[O-]B([O-])[O-]. The smallest absolute Gasteiger partial charge is 0.907 e. The molecule has 0 saturated carbocycles. The Kier molecular flexibility index (Phi) is 25.6. The zero-order valence-electron chi connectivity index (χ0n) is 2.96. The average molecular weight is 225 g/mol. The fourth-order valence-corrected chi connectivity index (χ4v) is 0. The van der Waals surface area contributed by atoms with Crippen molar-refractivity contribution in [2.75, 3.05) is 0 Å². The van der Waals surface area contributed by atoms with Gasteiger partial charge < -0.3 is 15.1 Å². The molecular weight excluding hydrogens is 225 g/mol. The van der Waals surface area contributed by atoms with Crippen LogP contribution < -0.4 is 15.1 Å². The molecule has 0 amide bonds. The van der Waals surface area contributed by atoms with Gasteiger partial charge in [-0.15, -0.1) is 0 Å². The molecule has 0 spiro atoms. The van der Waals surface area contributed by atoms with Crippen LogP contribution in [0.15, 0.2) is 0 Å². The molecule has 0 heterocycles. The molecule has 6 heteroatoms. The molecule has 0 saturated heterocycles. The second-order valence-electron chi connectivity index (χ2n) is 0.289. The van der Waals surface area contributed by atoms with Crippen LogP contribution in [0.1, 0.15) is 0 Å². The monoisotopic (exact) mass is 225 g/mol. The zero-order valence-corrected chi connectivity index (χ0v) is 7.74. The molecule has 0 aromatic heterocycles. The van der Waals surface area contributed by atoms with Crippen LogP contribution in [-0.2, 0) is 0 Å². The topological polar surface area (TPSA) is 69.2 Å².